The Kier molecular flexibility index (Phi) is 15.0. The van der Waals surface area contributed by atoms with Crippen molar-refractivity contribution in [1.29, 1.82) is 0 Å². The van der Waals surface area contributed by atoms with Crippen LogP contribution in [0.3, 0.4) is 0 Å². The van der Waals surface area contributed by atoms with Gasteiger partial charge in [0.15, 0.2) is 0 Å². The van der Waals surface area contributed by atoms with Crippen molar-refractivity contribution in [3.8, 4) is 0 Å². The third-order valence-electron chi connectivity index (χ3n) is 6.55. The molecule has 0 aliphatic heterocycles. The number of nitro benzene ring substituents is 1. The SMILES string of the molecule is CC[C@H](C)[C@H](NC(C)=O)C(=O)N[C@@H](CCC(=O)O)C(=O)N[C@H](C(=O)N[C@@H](CC(=O)O)C(=O)Nc1ccc([N+](=O)[O-])cc1)[C@@H](C)O. The number of carboxylic acids is 2. The fourth-order valence-electron chi connectivity index (χ4n) is 3.92. The van der Waals surface area contributed by atoms with Crippen LogP contribution >= 0.6 is 0 Å². The average molecular weight is 639 g/mol. The lowest BCUT2D eigenvalue weighted by atomic mass is 9.97. The van der Waals surface area contributed by atoms with Crippen LogP contribution in [0.5, 0.6) is 0 Å². The van der Waals surface area contributed by atoms with Crippen molar-refractivity contribution in [1.82, 2.24) is 21.3 Å². The van der Waals surface area contributed by atoms with Gasteiger partial charge in [-0.3, -0.25) is 43.7 Å². The number of carboxylic acid groups (broad SMARTS) is 2. The number of carbonyl (C=O) groups is 7. The molecule has 0 radical (unpaired) electrons. The molecule has 18 nitrogen and oxygen atoms in total. The summed E-state index contributed by atoms with van der Waals surface area (Å²) in [6.07, 6.45) is -3.11. The second-order valence-electron chi connectivity index (χ2n) is 10.2. The second kappa shape index (κ2) is 17.9. The fraction of sp³-hybridized carbons (Fsp3) is 0.519. The zero-order chi connectivity index (χ0) is 34.4. The predicted octanol–water partition coefficient (Wildman–Crippen LogP) is -0.741. The van der Waals surface area contributed by atoms with Gasteiger partial charge in [0.1, 0.15) is 24.2 Å². The Hall–Kier alpha value is -5.13. The van der Waals surface area contributed by atoms with E-state index in [-0.39, 0.29) is 17.3 Å². The molecule has 0 aromatic heterocycles. The maximum atomic E-state index is 13.2. The average Bonchev–Trinajstić information content (AvgIpc) is 2.95. The molecule has 8 N–H and O–H groups in total. The molecule has 0 fully saturated rings. The molecule has 0 bridgehead atoms. The number of rotatable bonds is 18. The summed E-state index contributed by atoms with van der Waals surface area (Å²) in [6.45, 7) is 5.73. The standard InChI is InChI=1S/C27H38N6O12/c1-5-13(2)22(28-15(4)35)26(42)30-18(10-11-20(36)37)24(40)32-23(14(3)34)27(43)31-19(12-21(38)39)25(41)29-16-6-8-17(9-7-16)33(44)45/h6-9,13-14,18-19,22-23,34H,5,10-12H2,1-4H3,(H,28,35)(H,29,41)(H,30,42)(H,31,43)(H,32,40)(H,36,37)(H,38,39)/t13-,14+,18-,19-,22-,23-/m0/s1. The van der Waals surface area contributed by atoms with E-state index in [0.29, 0.717) is 6.42 Å². The fourth-order valence-corrected chi connectivity index (χ4v) is 3.92. The number of nitrogens with one attached hydrogen (secondary N) is 5. The van der Waals surface area contributed by atoms with Gasteiger partial charge in [0.05, 0.1) is 17.4 Å². The summed E-state index contributed by atoms with van der Waals surface area (Å²) in [5.41, 5.74) is -0.232. The molecule has 18 heteroatoms. The summed E-state index contributed by atoms with van der Waals surface area (Å²) < 4.78 is 0. The van der Waals surface area contributed by atoms with Gasteiger partial charge in [-0.05, 0) is 31.4 Å². The monoisotopic (exact) mass is 638 g/mol. The van der Waals surface area contributed by atoms with E-state index < -0.39 is 95.9 Å². The predicted molar refractivity (Wildman–Crippen MR) is 155 cm³/mol. The Balaban J connectivity index is 3.17. The molecular formula is C27H38N6O12. The number of anilines is 1. The number of aliphatic carboxylic acids is 2. The van der Waals surface area contributed by atoms with Crippen LogP contribution in [0.4, 0.5) is 11.4 Å². The van der Waals surface area contributed by atoms with E-state index in [1.54, 1.807) is 13.8 Å². The van der Waals surface area contributed by atoms with Crippen LogP contribution < -0.4 is 26.6 Å². The lowest BCUT2D eigenvalue weighted by molar-refractivity contribution is -0.384. The van der Waals surface area contributed by atoms with Crippen molar-refractivity contribution in [2.75, 3.05) is 5.32 Å². The van der Waals surface area contributed by atoms with Crippen LogP contribution in [-0.2, 0) is 33.6 Å². The Bertz CT molecular complexity index is 1270. The highest BCUT2D eigenvalue weighted by Gasteiger charge is 2.35. The van der Waals surface area contributed by atoms with Crippen molar-refractivity contribution in [2.45, 2.75) is 83.6 Å². The molecule has 5 amide bonds. The Labute approximate surface area is 257 Å². The van der Waals surface area contributed by atoms with Crippen molar-refractivity contribution in [3.05, 3.63) is 34.4 Å². The Morgan fingerprint density at radius 1 is 0.800 bits per heavy atom. The summed E-state index contributed by atoms with van der Waals surface area (Å²) in [5.74, 6) is -7.81. The molecule has 1 aromatic rings. The molecular weight excluding hydrogens is 600 g/mol. The first kappa shape index (κ1) is 37.9. The minimum atomic E-state index is -1.80. The highest BCUT2D eigenvalue weighted by Crippen LogP contribution is 2.16. The number of nitro groups is 1. The molecule has 0 aliphatic rings. The van der Waals surface area contributed by atoms with Gasteiger partial charge in [-0.15, -0.1) is 0 Å². The smallest absolute Gasteiger partial charge is 0.305 e. The highest BCUT2D eigenvalue weighted by molar-refractivity contribution is 6.00. The van der Waals surface area contributed by atoms with Crippen molar-refractivity contribution >= 4 is 52.8 Å². The minimum absolute atomic E-state index is 0.0441. The number of aliphatic hydroxyl groups excluding tert-OH is 1. The summed E-state index contributed by atoms with van der Waals surface area (Å²) in [5, 5.41) is 51.0. The van der Waals surface area contributed by atoms with Gasteiger partial charge < -0.3 is 41.9 Å². The first-order chi connectivity index (χ1) is 21.0. The van der Waals surface area contributed by atoms with E-state index in [1.165, 1.54) is 19.1 Å². The van der Waals surface area contributed by atoms with Crippen molar-refractivity contribution < 1.29 is 53.8 Å². The van der Waals surface area contributed by atoms with E-state index in [9.17, 15) is 53.9 Å². The largest absolute Gasteiger partial charge is 0.481 e. The number of hydrogen-bond donors (Lipinski definition) is 8. The molecule has 0 aliphatic carbocycles. The molecule has 0 heterocycles. The van der Waals surface area contributed by atoms with Crippen LogP contribution in [0.1, 0.15) is 53.4 Å². The third kappa shape index (κ3) is 13.0. The lowest BCUT2D eigenvalue weighted by Gasteiger charge is -2.28. The highest BCUT2D eigenvalue weighted by atomic mass is 16.6. The zero-order valence-corrected chi connectivity index (χ0v) is 25.1. The van der Waals surface area contributed by atoms with E-state index in [1.807, 2.05) is 0 Å². The second-order valence-corrected chi connectivity index (χ2v) is 10.2. The molecule has 248 valence electrons. The van der Waals surface area contributed by atoms with Gasteiger partial charge in [0.25, 0.3) is 5.69 Å². The molecule has 1 rings (SSSR count). The number of nitrogens with zero attached hydrogens (tertiary/aromatic N) is 1. The summed E-state index contributed by atoms with van der Waals surface area (Å²) in [6, 6.07) is -1.63. The number of amides is 5. The van der Waals surface area contributed by atoms with Crippen LogP contribution in [-0.4, -0.2) is 92.0 Å². The summed E-state index contributed by atoms with van der Waals surface area (Å²) >= 11 is 0. The number of non-ortho nitro benzene ring substituents is 1. The normalized spacial score (nSPS) is 14.7. The van der Waals surface area contributed by atoms with Crippen LogP contribution in [0, 0.1) is 16.0 Å². The van der Waals surface area contributed by atoms with E-state index >= 15 is 0 Å². The van der Waals surface area contributed by atoms with Crippen LogP contribution in [0.15, 0.2) is 24.3 Å². The van der Waals surface area contributed by atoms with Gasteiger partial charge in [-0.2, -0.15) is 0 Å². The van der Waals surface area contributed by atoms with E-state index in [2.05, 4.69) is 26.6 Å². The molecule has 0 saturated heterocycles. The first-order valence-corrected chi connectivity index (χ1v) is 13.8. The number of hydrogen-bond acceptors (Lipinski definition) is 10. The van der Waals surface area contributed by atoms with Crippen LogP contribution in [0.2, 0.25) is 0 Å². The molecule has 0 unspecified atom stereocenters. The van der Waals surface area contributed by atoms with E-state index in [0.717, 1.165) is 19.1 Å². The lowest BCUT2D eigenvalue weighted by Crippen LogP contribution is -2.61. The molecule has 6 atom stereocenters. The van der Waals surface area contributed by atoms with Gasteiger partial charge in [-0.25, -0.2) is 0 Å². The zero-order valence-electron chi connectivity index (χ0n) is 25.1. The van der Waals surface area contributed by atoms with Crippen molar-refractivity contribution in [3.63, 3.8) is 0 Å². The topological polar surface area (TPSA) is 283 Å². The van der Waals surface area contributed by atoms with Gasteiger partial charge in [-0.1, -0.05) is 20.3 Å². The maximum absolute atomic E-state index is 13.2. The van der Waals surface area contributed by atoms with Crippen molar-refractivity contribution in [2.24, 2.45) is 5.92 Å². The molecule has 45 heavy (non-hydrogen) atoms. The molecule has 1 aromatic carbocycles. The summed E-state index contributed by atoms with van der Waals surface area (Å²) in [7, 11) is 0. The number of aliphatic hydroxyl groups is 1. The van der Waals surface area contributed by atoms with Gasteiger partial charge >= 0.3 is 11.9 Å². The van der Waals surface area contributed by atoms with Gasteiger partial charge in [0.2, 0.25) is 29.5 Å². The quantitative estimate of drug-likeness (QED) is 0.0729. The molecule has 0 spiro atoms. The Morgan fingerprint density at radius 3 is 1.82 bits per heavy atom. The summed E-state index contributed by atoms with van der Waals surface area (Å²) in [4.78, 5) is 96.5. The third-order valence-corrected chi connectivity index (χ3v) is 6.55. The van der Waals surface area contributed by atoms with Gasteiger partial charge in [0, 0.05) is 31.2 Å². The Morgan fingerprint density at radius 2 is 1.36 bits per heavy atom. The first-order valence-electron chi connectivity index (χ1n) is 13.8. The van der Waals surface area contributed by atoms with Crippen LogP contribution in [0.25, 0.3) is 0 Å². The van der Waals surface area contributed by atoms with E-state index in [4.69, 9.17) is 5.11 Å². The molecule has 0 saturated carbocycles. The maximum Gasteiger partial charge on any atom is 0.305 e. The minimum Gasteiger partial charge on any atom is -0.481 e. The number of benzene rings is 1. The number of carbonyl (C=O) groups excluding carboxylic acids is 5.